The Hall–Kier alpha value is -2.59. The lowest BCUT2D eigenvalue weighted by Gasteiger charge is -2.02. The molecular weight excluding hydrogens is 282 g/mol. The van der Waals surface area contributed by atoms with Crippen LogP contribution in [0.5, 0.6) is 0 Å². The van der Waals surface area contributed by atoms with E-state index >= 15 is 0 Å². The zero-order chi connectivity index (χ0) is 14.1. The Kier molecular flexibility index (Phi) is 3.00. The van der Waals surface area contributed by atoms with Crippen molar-refractivity contribution in [2.45, 2.75) is 6.54 Å². The molecule has 0 spiro atoms. The van der Waals surface area contributed by atoms with Gasteiger partial charge < -0.3 is 5.43 Å². The number of nitro benzene ring substituents is 1. The second-order valence-electron chi connectivity index (χ2n) is 4.00. The first kappa shape index (κ1) is 12.4. The van der Waals surface area contributed by atoms with E-state index in [0.29, 0.717) is 22.8 Å². The minimum Gasteiger partial charge on any atom is -0.313 e. The fraction of sp³-hybridized carbons (Fsp3) is 0.100. The lowest BCUT2D eigenvalue weighted by molar-refractivity contribution is -0.384. The minimum absolute atomic E-state index is 0.0211. The monoisotopic (exact) mass is 291 g/mol. The number of nitrogens with one attached hydrogen (secondary N) is 1. The van der Waals surface area contributed by atoms with Crippen LogP contribution in [0.1, 0.15) is 5.69 Å². The third-order valence-corrected chi connectivity index (χ3v) is 3.52. The Morgan fingerprint density at radius 2 is 2.35 bits per heavy atom. The molecule has 102 valence electrons. The van der Waals surface area contributed by atoms with Crippen molar-refractivity contribution >= 4 is 33.1 Å². The molecule has 0 bridgehead atoms. The smallest absolute Gasteiger partial charge is 0.271 e. The predicted octanol–water partition coefficient (Wildman–Crippen LogP) is 1.13. The van der Waals surface area contributed by atoms with Crippen LogP contribution in [-0.4, -0.2) is 24.3 Å². The molecule has 3 aromatic rings. The predicted molar refractivity (Wildman–Crippen MR) is 73.2 cm³/mol. The summed E-state index contributed by atoms with van der Waals surface area (Å²) in [6.07, 6.45) is 1.65. The van der Waals surface area contributed by atoms with Crippen molar-refractivity contribution in [1.29, 1.82) is 0 Å². The third-order valence-electron chi connectivity index (χ3n) is 2.83. The van der Waals surface area contributed by atoms with Gasteiger partial charge in [0.15, 0.2) is 0 Å². The summed E-state index contributed by atoms with van der Waals surface area (Å²) in [5, 5.41) is 20.4. The lowest BCUT2D eigenvalue weighted by atomic mass is 10.2. The number of hydrazine groups is 1. The summed E-state index contributed by atoms with van der Waals surface area (Å²) in [7, 11) is 0. The fourth-order valence-electron chi connectivity index (χ4n) is 1.86. The molecule has 3 rings (SSSR count). The summed E-state index contributed by atoms with van der Waals surface area (Å²) in [6.45, 7) is 0.334. The Bertz CT molecular complexity index is 781. The van der Waals surface area contributed by atoms with Crippen LogP contribution in [0.2, 0.25) is 0 Å². The van der Waals surface area contributed by atoms with Gasteiger partial charge in [0, 0.05) is 29.1 Å². The van der Waals surface area contributed by atoms with E-state index < -0.39 is 4.92 Å². The number of nitrogens with zero attached hydrogens (tertiary/aromatic N) is 5. The van der Waals surface area contributed by atoms with Crippen molar-refractivity contribution in [3.8, 4) is 0 Å². The summed E-state index contributed by atoms with van der Waals surface area (Å²) < 4.78 is 5.42. The van der Waals surface area contributed by atoms with Gasteiger partial charge in [-0.3, -0.25) is 14.8 Å². The summed E-state index contributed by atoms with van der Waals surface area (Å²) in [4.78, 5) is 10.4. The van der Waals surface area contributed by atoms with Crippen LogP contribution in [0.4, 0.5) is 10.7 Å². The number of fused-ring (bicyclic) bond motifs is 1. The minimum atomic E-state index is -0.436. The molecule has 1 aromatic carbocycles. The summed E-state index contributed by atoms with van der Waals surface area (Å²) >= 11 is 1.14. The molecule has 10 heteroatoms. The molecule has 2 heterocycles. The molecule has 0 amide bonds. The standard InChI is InChI=1S/C10H9N7O2S/c11-13-10-8(14-15-20-10)5-16-9-3-7(17(18)19)2-1-6(9)4-12-16/h1-4,13H,5,11H2. The van der Waals surface area contributed by atoms with E-state index in [-0.39, 0.29) is 5.69 Å². The molecular formula is C10H9N7O2S. The maximum atomic E-state index is 10.8. The molecule has 0 fully saturated rings. The van der Waals surface area contributed by atoms with Gasteiger partial charge in [0.1, 0.15) is 10.7 Å². The summed E-state index contributed by atoms with van der Waals surface area (Å²) in [6, 6.07) is 4.60. The first-order chi connectivity index (χ1) is 9.69. The Morgan fingerprint density at radius 1 is 1.50 bits per heavy atom. The molecule has 9 nitrogen and oxygen atoms in total. The number of non-ortho nitro benzene ring substituents is 1. The number of hydrogen-bond donors (Lipinski definition) is 2. The Labute approximate surface area is 116 Å². The zero-order valence-corrected chi connectivity index (χ0v) is 10.9. The molecule has 0 radical (unpaired) electrons. The lowest BCUT2D eigenvalue weighted by Crippen LogP contribution is -2.10. The van der Waals surface area contributed by atoms with E-state index in [1.165, 1.54) is 12.1 Å². The van der Waals surface area contributed by atoms with Crippen molar-refractivity contribution in [2.24, 2.45) is 5.84 Å². The number of aromatic nitrogens is 4. The van der Waals surface area contributed by atoms with Crippen LogP contribution in [0.15, 0.2) is 24.4 Å². The maximum absolute atomic E-state index is 10.8. The number of nitrogens with two attached hydrogens (primary N) is 1. The molecule has 0 saturated heterocycles. The summed E-state index contributed by atoms with van der Waals surface area (Å²) in [5.74, 6) is 5.36. The first-order valence-electron chi connectivity index (χ1n) is 5.57. The highest BCUT2D eigenvalue weighted by Gasteiger charge is 2.13. The molecule has 0 aliphatic heterocycles. The third kappa shape index (κ3) is 2.06. The van der Waals surface area contributed by atoms with Gasteiger partial charge in [-0.05, 0) is 6.07 Å². The molecule has 3 N–H and O–H groups in total. The number of benzene rings is 1. The van der Waals surface area contributed by atoms with E-state index in [1.807, 2.05) is 0 Å². The highest BCUT2D eigenvalue weighted by atomic mass is 32.1. The maximum Gasteiger partial charge on any atom is 0.271 e. The van der Waals surface area contributed by atoms with E-state index in [4.69, 9.17) is 5.84 Å². The molecule has 0 unspecified atom stereocenters. The van der Waals surface area contributed by atoms with E-state index in [2.05, 4.69) is 20.1 Å². The van der Waals surface area contributed by atoms with Gasteiger partial charge in [-0.15, -0.1) is 5.10 Å². The molecule has 0 aliphatic carbocycles. The second kappa shape index (κ2) is 4.83. The molecule has 0 saturated carbocycles. The molecule has 2 aromatic heterocycles. The average Bonchev–Trinajstić information content (AvgIpc) is 3.05. The quantitative estimate of drug-likeness (QED) is 0.419. The zero-order valence-electron chi connectivity index (χ0n) is 10.1. The van der Waals surface area contributed by atoms with E-state index in [9.17, 15) is 10.1 Å². The topological polar surface area (TPSA) is 125 Å². The van der Waals surface area contributed by atoms with Gasteiger partial charge in [0.25, 0.3) is 5.69 Å². The van der Waals surface area contributed by atoms with E-state index in [1.54, 1.807) is 16.9 Å². The van der Waals surface area contributed by atoms with Gasteiger partial charge >= 0.3 is 0 Å². The SMILES string of the molecule is NNc1snnc1Cn1ncc2ccc([N+](=O)[O-])cc21. The van der Waals surface area contributed by atoms with Gasteiger partial charge in [0.05, 0.1) is 23.2 Å². The van der Waals surface area contributed by atoms with Crippen LogP contribution in [0.25, 0.3) is 10.9 Å². The average molecular weight is 291 g/mol. The van der Waals surface area contributed by atoms with Crippen molar-refractivity contribution in [3.05, 3.63) is 40.2 Å². The van der Waals surface area contributed by atoms with Crippen LogP contribution >= 0.6 is 11.5 Å². The van der Waals surface area contributed by atoms with E-state index in [0.717, 1.165) is 16.9 Å². The van der Waals surface area contributed by atoms with Crippen molar-refractivity contribution < 1.29 is 4.92 Å². The molecule has 0 aliphatic rings. The van der Waals surface area contributed by atoms with Crippen molar-refractivity contribution in [1.82, 2.24) is 19.4 Å². The molecule has 0 atom stereocenters. The van der Waals surface area contributed by atoms with Gasteiger partial charge in [-0.2, -0.15) is 5.10 Å². The fourth-order valence-corrected chi connectivity index (χ4v) is 2.35. The Balaban J connectivity index is 2.03. The highest BCUT2D eigenvalue weighted by molar-refractivity contribution is 7.10. The number of nitro groups is 1. The van der Waals surface area contributed by atoms with Crippen LogP contribution in [0.3, 0.4) is 0 Å². The highest BCUT2D eigenvalue weighted by Crippen LogP contribution is 2.23. The van der Waals surface area contributed by atoms with Crippen LogP contribution in [-0.2, 0) is 6.54 Å². The number of hydrogen-bond acceptors (Lipinski definition) is 8. The van der Waals surface area contributed by atoms with Crippen molar-refractivity contribution in [2.75, 3.05) is 5.43 Å². The van der Waals surface area contributed by atoms with Gasteiger partial charge in [-0.1, -0.05) is 4.49 Å². The number of anilines is 1. The largest absolute Gasteiger partial charge is 0.313 e. The molecule has 20 heavy (non-hydrogen) atoms. The van der Waals surface area contributed by atoms with Crippen LogP contribution in [0, 0.1) is 10.1 Å². The first-order valence-corrected chi connectivity index (χ1v) is 6.34. The summed E-state index contributed by atoms with van der Waals surface area (Å²) in [5.41, 5.74) is 3.83. The number of rotatable bonds is 4. The van der Waals surface area contributed by atoms with Gasteiger partial charge in [0.2, 0.25) is 0 Å². The van der Waals surface area contributed by atoms with Gasteiger partial charge in [-0.25, -0.2) is 5.84 Å². The van der Waals surface area contributed by atoms with Crippen molar-refractivity contribution in [3.63, 3.8) is 0 Å². The second-order valence-corrected chi connectivity index (χ2v) is 4.75. The normalized spacial score (nSPS) is 10.8. The number of nitrogen functional groups attached to an aromatic ring is 1. The van der Waals surface area contributed by atoms with Crippen LogP contribution < -0.4 is 11.3 Å². The Morgan fingerprint density at radius 3 is 3.10 bits per heavy atom.